The van der Waals surface area contributed by atoms with Gasteiger partial charge in [0.25, 0.3) is 0 Å². The van der Waals surface area contributed by atoms with Crippen LogP contribution in [0, 0.1) is 5.82 Å². The molecular weight excluding hydrogens is 383 g/mol. The first-order valence-electron chi connectivity index (χ1n) is 10.1. The zero-order valence-corrected chi connectivity index (χ0v) is 17.0. The third-order valence-corrected chi connectivity index (χ3v) is 5.48. The van der Waals surface area contributed by atoms with Gasteiger partial charge < -0.3 is 14.2 Å². The zero-order valence-electron chi connectivity index (χ0n) is 17.0. The van der Waals surface area contributed by atoms with E-state index >= 15 is 0 Å². The molecule has 0 spiro atoms. The second kappa shape index (κ2) is 8.14. The van der Waals surface area contributed by atoms with E-state index < -0.39 is 11.4 Å². The van der Waals surface area contributed by atoms with Crippen LogP contribution in [0.2, 0.25) is 0 Å². The molecule has 0 amide bonds. The lowest BCUT2D eigenvalue weighted by atomic mass is 10.1. The second-order valence-corrected chi connectivity index (χ2v) is 7.23. The third-order valence-electron chi connectivity index (χ3n) is 5.48. The van der Waals surface area contributed by atoms with Crippen LogP contribution in [0.1, 0.15) is 29.8 Å². The Morgan fingerprint density at radius 2 is 1.67 bits per heavy atom. The summed E-state index contributed by atoms with van der Waals surface area (Å²) in [7, 11) is 0. The highest BCUT2D eigenvalue weighted by Gasteiger charge is 2.23. The largest absolute Gasteiger partial charge is 0.422 e. The lowest BCUT2D eigenvalue weighted by Gasteiger charge is -2.38. The molecular formula is C24H23FN2O3. The maximum Gasteiger partial charge on any atom is 0.347 e. The predicted octanol–water partition coefficient (Wildman–Crippen LogP) is 4.49. The Morgan fingerprint density at radius 1 is 1.03 bits per heavy atom. The molecule has 0 unspecified atom stereocenters. The molecule has 0 radical (unpaired) electrons. The highest BCUT2D eigenvalue weighted by molar-refractivity contribution is 6.08. The number of allylic oxidation sites excluding steroid dienone is 1. The Hall–Kier alpha value is -3.41. The molecule has 0 N–H and O–H groups in total. The average molecular weight is 406 g/mol. The van der Waals surface area contributed by atoms with E-state index in [9.17, 15) is 14.0 Å². The number of halogens is 1. The Morgan fingerprint density at radius 3 is 2.30 bits per heavy atom. The molecule has 3 aromatic rings. The molecule has 1 aliphatic heterocycles. The van der Waals surface area contributed by atoms with Crippen molar-refractivity contribution < 1.29 is 13.6 Å². The first-order valence-corrected chi connectivity index (χ1v) is 10.1. The van der Waals surface area contributed by atoms with E-state index in [1.54, 1.807) is 24.3 Å². The Labute approximate surface area is 174 Å². The fourth-order valence-electron chi connectivity index (χ4n) is 3.80. The van der Waals surface area contributed by atoms with Crippen LogP contribution < -0.4 is 15.4 Å². The molecule has 0 fully saturated rings. The number of anilines is 2. The highest BCUT2D eigenvalue weighted by Crippen LogP contribution is 2.36. The Balaban J connectivity index is 1.73. The summed E-state index contributed by atoms with van der Waals surface area (Å²) in [6.07, 6.45) is 2.86. The summed E-state index contributed by atoms with van der Waals surface area (Å²) in [5, 5.41) is 0.711. The van der Waals surface area contributed by atoms with Gasteiger partial charge in [0, 0.05) is 37.6 Å². The molecule has 2 heterocycles. The number of fused-ring (bicyclic) bond motifs is 2. The number of carbonyl (C=O) groups is 1. The molecule has 5 nitrogen and oxygen atoms in total. The minimum Gasteiger partial charge on any atom is -0.422 e. The SMILES string of the molecule is CCN1CCN(CC)c2cc3oc(=O)c(C(=O)/C=C/c4ccc(F)cc4)cc3cc21. The normalized spacial score (nSPS) is 13.8. The quantitative estimate of drug-likeness (QED) is 0.355. The standard InChI is InChI=1S/C24H23FN2O3/c1-3-26-11-12-27(4-2)21-15-23-17(14-20(21)26)13-19(24(29)30-23)22(28)10-7-16-5-8-18(25)9-6-16/h5-10,13-15H,3-4,11-12H2,1-2H3/b10-7+. The molecule has 0 atom stereocenters. The van der Waals surface area contributed by atoms with Crippen molar-refractivity contribution in [3.05, 3.63) is 75.9 Å². The van der Waals surface area contributed by atoms with Crippen LogP contribution in [-0.4, -0.2) is 32.0 Å². The van der Waals surface area contributed by atoms with Crippen LogP contribution in [0.4, 0.5) is 15.8 Å². The van der Waals surface area contributed by atoms with E-state index in [1.807, 2.05) is 12.1 Å². The number of hydrogen-bond donors (Lipinski definition) is 0. The van der Waals surface area contributed by atoms with Crippen molar-refractivity contribution in [2.45, 2.75) is 13.8 Å². The van der Waals surface area contributed by atoms with Crippen molar-refractivity contribution in [3.8, 4) is 0 Å². The van der Waals surface area contributed by atoms with Crippen molar-refractivity contribution >= 4 is 34.2 Å². The smallest absolute Gasteiger partial charge is 0.347 e. The van der Waals surface area contributed by atoms with Gasteiger partial charge in [-0.3, -0.25) is 4.79 Å². The van der Waals surface area contributed by atoms with Gasteiger partial charge in [0.05, 0.1) is 11.4 Å². The topological polar surface area (TPSA) is 53.8 Å². The summed E-state index contributed by atoms with van der Waals surface area (Å²) in [5.74, 6) is -0.796. The number of hydrogen-bond acceptors (Lipinski definition) is 5. The minimum atomic E-state index is -0.664. The molecule has 154 valence electrons. The van der Waals surface area contributed by atoms with E-state index in [4.69, 9.17) is 4.42 Å². The van der Waals surface area contributed by atoms with Crippen molar-refractivity contribution in [1.82, 2.24) is 0 Å². The van der Waals surface area contributed by atoms with Gasteiger partial charge in [0.2, 0.25) is 0 Å². The molecule has 30 heavy (non-hydrogen) atoms. The van der Waals surface area contributed by atoms with Crippen LogP contribution in [-0.2, 0) is 0 Å². The number of likely N-dealkylation sites (N-methyl/N-ethyl adjacent to an activating group) is 2. The van der Waals surface area contributed by atoms with Crippen LogP contribution in [0.3, 0.4) is 0 Å². The highest BCUT2D eigenvalue weighted by atomic mass is 19.1. The van der Waals surface area contributed by atoms with E-state index in [0.29, 0.717) is 16.5 Å². The van der Waals surface area contributed by atoms with Gasteiger partial charge in [0.15, 0.2) is 5.78 Å². The third kappa shape index (κ3) is 3.73. The molecule has 4 rings (SSSR count). The summed E-state index contributed by atoms with van der Waals surface area (Å²) in [5.41, 5.74) is 2.56. The van der Waals surface area contributed by atoms with Gasteiger partial charge in [-0.05, 0) is 49.8 Å². The zero-order chi connectivity index (χ0) is 21.3. The number of carbonyl (C=O) groups excluding carboxylic acids is 1. The second-order valence-electron chi connectivity index (χ2n) is 7.23. The first kappa shape index (κ1) is 19.9. The summed E-state index contributed by atoms with van der Waals surface area (Å²) < 4.78 is 18.5. The molecule has 0 aliphatic carbocycles. The Kier molecular flexibility index (Phi) is 5.40. The van der Waals surface area contributed by atoms with Gasteiger partial charge in [-0.2, -0.15) is 0 Å². The Bertz CT molecular complexity index is 1180. The lowest BCUT2D eigenvalue weighted by Crippen LogP contribution is -2.40. The van der Waals surface area contributed by atoms with E-state index in [-0.39, 0.29) is 11.4 Å². The van der Waals surface area contributed by atoms with E-state index in [0.717, 1.165) is 37.6 Å². The van der Waals surface area contributed by atoms with Gasteiger partial charge in [-0.15, -0.1) is 0 Å². The molecule has 0 saturated heterocycles. The van der Waals surface area contributed by atoms with Gasteiger partial charge >= 0.3 is 5.63 Å². The number of benzene rings is 2. The van der Waals surface area contributed by atoms with Crippen LogP contribution in [0.5, 0.6) is 0 Å². The molecule has 6 heteroatoms. The van der Waals surface area contributed by atoms with Gasteiger partial charge in [0.1, 0.15) is 17.0 Å². The van der Waals surface area contributed by atoms with E-state index in [1.165, 1.54) is 18.2 Å². The molecule has 0 bridgehead atoms. The predicted molar refractivity (Wildman–Crippen MR) is 118 cm³/mol. The molecule has 2 aromatic carbocycles. The monoisotopic (exact) mass is 406 g/mol. The molecule has 1 aromatic heterocycles. The van der Waals surface area contributed by atoms with Crippen LogP contribution in [0.15, 0.2) is 57.8 Å². The molecule has 1 aliphatic rings. The summed E-state index contributed by atoms with van der Waals surface area (Å²) >= 11 is 0. The van der Waals surface area contributed by atoms with Crippen LogP contribution >= 0.6 is 0 Å². The van der Waals surface area contributed by atoms with Crippen molar-refractivity contribution in [2.24, 2.45) is 0 Å². The maximum atomic E-state index is 13.0. The molecule has 0 saturated carbocycles. The lowest BCUT2D eigenvalue weighted by molar-refractivity contribution is 0.104. The minimum absolute atomic E-state index is 0.0213. The van der Waals surface area contributed by atoms with Crippen molar-refractivity contribution in [2.75, 3.05) is 36.0 Å². The summed E-state index contributed by atoms with van der Waals surface area (Å²) in [6.45, 7) is 7.78. The fraction of sp³-hybridized carbons (Fsp3) is 0.250. The number of nitrogens with zero attached hydrogens (tertiary/aromatic N) is 2. The number of rotatable bonds is 5. The first-order chi connectivity index (χ1) is 14.5. The summed E-state index contributed by atoms with van der Waals surface area (Å²) in [6, 6.07) is 11.2. The van der Waals surface area contributed by atoms with Crippen LogP contribution in [0.25, 0.3) is 17.0 Å². The van der Waals surface area contributed by atoms with Crippen molar-refractivity contribution in [3.63, 3.8) is 0 Å². The van der Waals surface area contributed by atoms with Gasteiger partial charge in [-0.1, -0.05) is 18.2 Å². The fourth-order valence-corrected chi connectivity index (χ4v) is 3.80. The van der Waals surface area contributed by atoms with Crippen molar-refractivity contribution in [1.29, 1.82) is 0 Å². The summed E-state index contributed by atoms with van der Waals surface area (Å²) in [4.78, 5) is 29.6. The van der Waals surface area contributed by atoms with E-state index in [2.05, 4.69) is 23.6 Å². The maximum absolute atomic E-state index is 13.0. The average Bonchev–Trinajstić information content (AvgIpc) is 2.76. The number of ketones is 1. The van der Waals surface area contributed by atoms with Gasteiger partial charge in [-0.25, -0.2) is 9.18 Å².